The Morgan fingerprint density at radius 2 is 2.04 bits per heavy atom. The van der Waals surface area contributed by atoms with Crippen molar-refractivity contribution in [2.24, 2.45) is 0 Å². The quantitative estimate of drug-likeness (QED) is 0.521. The molecule has 0 bridgehead atoms. The molecule has 0 aliphatic carbocycles. The summed E-state index contributed by atoms with van der Waals surface area (Å²) in [7, 11) is 0. The average molecular weight is 360 g/mol. The summed E-state index contributed by atoms with van der Waals surface area (Å²) in [6.07, 6.45) is 2.84. The van der Waals surface area contributed by atoms with E-state index < -0.39 is 34.4 Å². The molecule has 0 saturated carbocycles. The molecule has 1 amide bonds. The van der Waals surface area contributed by atoms with E-state index >= 15 is 0 Å². The topological polar surface area (TPSA) is 127 Å². The molecule has 2 N–H and O–H groups in total. The summed E-state index contributed by atoms with van der Waals surface area (Å²) in [6.45, 7) is 2.08. The van der Waals surface area contributed by atoms with Gasteiger partial charge in [0.1, 0.15) is 12.6 Å². The highest BCUT2D eigenvalue weighted by atomic mass is 16.6. The minimum atomic E-state index is -1.18. The Morgan fingerprint density at radius 1 is 1.35 bits per heavy atom. The van der Waals surface area contributed by atoms with Crippen molar-refractivity contribution in [3.63, 3.8) is 0 Å². The monoisotopic (exact) mass is 360 g/mol. The lowest BCUT2D eigenvalue weighted by Crippen LogP contribution is -2.41. The molecule has 0 aliphatic heterocycles. The third kappa shape index (κ3) is 4.65. The molecule has 1 unspecified atom stereocenters. The largest absolute Gasteiger partial charge is 0.480 e. The number of carbonyl (C=O) groups is 2. The lowest BCUT2D eigenvalue weighted by atomic mass is 10.1. The van der Waals surface area contributed by atoms with Crippen LogP contribution in [0.2, 0.25) is 0 Å². The van der Waals surface area contributed by atoms with Crippen LogP contribution in [0.4, 0.5) is 5.82 Å². The Balaban J connectivity index is 2.24. The van der Waals surface area contributed by atoms with E-state index in [4.69, 9.17) is 0 Å². The van der Waals surface area contributed by atoms with Gasteiger partial charge in [-0.3, -0.25) is 4.79 Å². The summed E-state index contributed by atoms with van der Waals surface area (Å²) >= 11 is 0. The number of nitro groups is 1. The van der Waals surface area contributed by atoms with Crippen molar-refractivity contribution >= 4 is 17.7 Å². The molecule has 1 aromatic heterocycles. The van der Waals surface area contributed by atoms with E-state index in [0.717, 1.165) is 12.0 Å². The molecular formula is C17H20N4O5. The van der Waals surface area contributed by atoms with Gasteiger partial charge in [-0.25, -0.2) is 14.3 Å². The predicted octanol–water partition coefficient (Wildman–Crippen LogP) is 2.21. The van der Waals surface area contributed by atoms with Crippen LogP contribution in [0, 0.1) is 10.1 Å². The number of nitrogens with zero attached hydrogens (tertiary/aromatic N) is 3. The van der Waals surface area contributed by atoms with Gasteiger partial charge in [-0.1, -0.05) is 50.1 Å². The number of carbonyl (C=O) groups excluding carboxylic acids is 1. The fraction of sp³-hybridized carbons (Fsp3) is 0.353. The summed E-state index contributed by atoms with van der Waals surface area (Å²) in [4.78, 5) is 38.2. The molecule has 0 saturated heterocycles. The molecule has 1 heterocycles. The van der Waals surface area contributed by atoms with Gasteiger partial charge in [-0.2, -0.15) is 0 Å². The van der Waals surface area contributed by atoms with Crippen molar-refractivity contribution in [2.45, 2.75) is 38.8 Å². The van der Waals surface area contributed by atoms with Crippen LogP contribution in [-0.2, 0) is 11.3 Å². The van der Waals surface area contributed by atoms with Crippen LogP contribution in [0.1, 0.15) is 42.2 Å². The highest BCUT2D eigenvalue weighted by Crippen LogP contribution is 2.19. The number of unbranched alkanes of at least 4 members (excludes halogenated alkanes) is 1. The number of imidazole rings is 1. The first-order valence-corrected chi connectivity index (χ1v) is 8.21. The molecule has 1 atom stereocenters. The molecule has 9 heteroatoms. The van der Waals surface area contributed by atoms with Gasteiger partial charge >= 0.3 is 11.8 Å². The maximum Gasteiger partial charge on any atom is 0.356 e. The van der Waals surface area contributed by atoms with E-state index in [1.165, 1.54) is 10.9 Å². The van der Waals surface area contributed by atoms with Crippen molar-refractivity contribution in [2.75, 3.05) is 0 Å². The van der Waals surface area contributed by atoms with E-state index in [9.17, 15) is 24.8 Å². The summed E-state index contributed by atoms with van der Waals surface area (Å²) in [5, 5.41) is 23.0. The molecule has 0 fully saturated rings. The molecule has 0 spiro atoms. The maximum absolute atomic E-state index is 12.4. The number of rotatable bonds is 9. The molecule has 2 aromatic rings. The maximum atomic E-state index is 12.4. The standard InChI is InChI=1S/C17H20N4O5/c1-2-3-9-13(17(23)24)19-15(22)14-16(21(25)26)20(11-18-14)10-12-7-5-4-6-8-12/h4-8,11,13H,2-3,9-10H2,1H3,(H,19,22)(H,23,24). The van der Waals surface area contributed by atoms with Gasteiger partial charge in [0.05, 0.1) is 0 Å². The number of carboxylic acid groups (broad SMARTS) is 1. The van der Waals surface area contributed by atoms with E-state index in [0.29, 0.717) is 6.42 Å². The van der Waals surface area contributed by atoms with Crippen LogP contribution in [0.3, 0.4) is 0 Å². The fourth-order valence-electron chi connectivity index (χ4n) is 2.52. The first-order chi connectivity index (χ1) is 12.4. The summed E-state index contributed by atoms with van der Waals surface area (Å²) in [5.41, 5.74) is 0.417. The number of benzene rings is 1. The van der Waals surface area contributed by atoms with Gasteiger partial charge in [0.25, 0.3) is 5.91 Å². The molecular weight excluding hydrogens is 340 g/mol. The van der Waals surface area contributed by atoms with Crippen molar-refractivity contribution in [1.29, 1.82) is 0 Å². The van der Waals surface area contributed by atoms with Gasteiger partial charge in [0.15, 0.2) is 6.33 Å². The van der Waals surface area contributed by atoms with Crippen LogP contribution >= 0.6 is 0 Å². The third-order valence-corrected chi connectivity index (χ3v) is 3.84. The van der Waals surface area contributed by atoms with Crippen molar-refractivity contribution in [3.05, 3.63) is 58.0 Å². The summed E-state index contributed by atoms with van der Waals surface area (Å²) in [5.74, 6) is -2.52. The smallest absolute Gasteiger partial charge is 0.356 e. The van der Waals surface area contributed by atoms with Gasteiger partial charge in [-0.15, -0.1) is 0 Å². The highest BCUT2D eigenvalue weighted by Gasteiger charge is 2.30. The third-order valence-electron chi connectivity index (χ3n) is 3.84. The molecule has 26 heavy (non-hydrogen) atoms. The van der Waals surface area contributed by atoms with Crippen LogP contribution in [0.5, 0.6) is 0 Å². The summed E-state index contributed by atoms with van der Waals surface area (Å²) < 4.78 is 1.26. The molecule has 2 rings (SSSR count). The second-order valence-corrected chi connectivity index (χ2v) is 5.79. The van der Waals surface area contributed by atoms with E-state index in [1.807, 2.05) is 13.0 Å². The van der Waals surface area contributed by atoms with E-state index in [1.54, 1.807) is 24.3 Å². The molecule has 0 radical (unpaired) electrons. The fourth-order valence-corrected chi connectivity index (χ4v) is 2.52. The number of hydrogen-bond donors (Lipinski definition) is 2. The Hall–Kier alpha value is -3.23. The Kier molecular flexibility index (Phi) is 6.42. The molecule has 1 aromatic carbocycles. The van der Waals surface area contributed by atoms with Crippen molar-refractivity contribution < 1.29 is 19.6 Å². The summed E-state index contributed by atoms with van der Waals surface area (Å²) in [6, 6.07) is 7.92. The van der Waals surface area contributed by atoms with Crippen LogP contribution < -0.4 is 5.32 Å². The number of aliphatic carboxylic acids is 1. The lowest BCUT2D eigenvalue weighted by Gasteiger charge is -2.13. The highest BCUT2D eigenvalue weighted by molar-refractivity contribution is 5.97. The number of nitrogens with one attached hydrogen (secondary N) is 1. The van der Waals surface area contributed by atoms with Gasteiger partial charge in [0.2, 0.25) is 5.69 Å². The molecule has 138 valence electrons. The second-order valence-electron chi connectivity index (χ2n) is 5.79. The number of carboxylic acids is 1. The molecule has 0 aliphatic rings. The van der Waals surface area contributed by atoms with Gasteiger partial charge in [0, 0.05) is 0 Å². The average Bonchev–Trinajstić information content (AvgIpc) is 3.03. The first-order valence-electron chi connectivity index (χ1n) is 8.21. The van der Waals surface area contributed by atoms with Gasteiger partial charge < -0.3 is 20.5 Å². The number of amides is 1. The van der Waals surface area contributed by atoms with Gasteiger partial charge in [-0.05, 0) is 16.9 Å². The normalized spacial score (nSPS) is 11.7. The minimum Gasteiger partial charge on any atom is -0.480 e. The Morgan fingerprint density at radius 3 is 2.62 bits per heavy atom. The minimum absolute atomic E-state index is 0.176. The zero-order chi connectivity index (χ0) is 19.1. The number of hydrogen-bond acceptors (Lipinski definition) is 5. The van der Waals surface area contributed by atoms with Crippen LogP contribution in [-0.4, -0.2) is 37.5 Å². The van der Waals surface area contributed by atoms with Crippen LogP contribution in [0.25, 0.3) is 0 Å². The van der Waals surface area contributed by atoms with Crippen LogP contribution in [0.15, 0.2) is 36.7 Å². The predicted molar refractivity (Wildman–Crippen MR) is 92.8 cm³/mol. The zero-order valence-electron chi connectivity index (χ0n) is 14.3. The van der Waals surface area contributed by atoms with Crippen molar-refractivity contribution in [3.8, 4) is 0 Å². The Labute approximate surface area is 149 Å². The lowest BCUT2D eigenvalue weighted by molar-refractivity contribution is -0.392. The Bertz CT molecular complexity index is 788. The number of aromatic nitrogens is 2. The zero-order valence-corrected chi connectivity index (χ0v) is 14.3. The second kappa shape index (κ2) is 8.75. The van der Waals surface area contributed by atoms with E-state index in [-0.39, 0.29) is 13.0 Å². The SMILES string of the molecule is CCCCC(NC(=O)c1ncn(Cc2ccccc2)c1[N+](=O)[O-])C(=O)O. The first kappa shape index (κ1) is 19.1. The molecule has 9 nitrogen and oxygen atoms in total. The van der Waals surface area contributed by atoms with E-state index in [2.05, 4.69) is 10.3 Å². The van der Waals surface area contributed by atoms with Crippen molar-refractivity contribution in [1.82, 2.24) is 14.9 Å².